The third-order valence-corrected chi connectivity index (χ3v) is 6.71. The molecule has 2 fully saturated rings. The molecule has 3 N–H and O–H groups in total. The predicted octanol–water partition coefficient (Wildman–Crippen LogP) is 3.68. The molecule has 0 radical (unpaired) electrons. The van der Waals surface area contributed by atoms with Gasteiger partial charge in [0, 0.05) is 31.2 Å². The lowest BCUT2D eigenvalue weighted by molar-refractivity contribution is -0.140. The maximum Gasteiger partial charge on any atom is 0.315 e. The summed E-state index contributed by atoms with van der Waals surface area (Å²) >= 11 is 0. The summed E-state index contributed by atoms with van der Waals surface area (Å²) in [6.45, 7) is 1.47. The number of hydrogen-bond donors (Lipinski definition) is 3. The quantitative estimate of drug-likeness (QED) is 0.630. The second-order valence-corrected chi connectivity index (χ2v) is 9.00. The summed E-state index contributed by atoms with van der Waals surface area (Å²) < 4.78 is 0. The molecule has 33 heavy (non-hydrogen) atoms. The van der Waals surface area contributed by atoms with E-state index >= 15 is 0 Å². The van der Waals surface area contributed by atoms with E-state index in [1.54, 1.807) is 0 Å². The van der Waals surface area contributed by atoms with Gasteiger partial charge in [-0.05, 0) is 43.4 Å². The van der Waals surface area contributed by atoms with Crippen LogP contribution in [0.3, 0.4) is 0 Å². The number of anilines is 1. The fourth-order valence-corrected chi connectivity index (χ4v) is 4.82. The molecule has 0 spiro atoms. The SMILES string of the molecule is O=C(NCc1ccccc1)NC1(C(=O)N2CCC(C(=O)Nc3ccccc3)CC2)CCCC1. The Morgan fingerprint density at radius 3 is 2.12 bits per heavy atom. The van der Waals surface area contributed by atoms with Crippen LogP contribution in [0.4, 0.5) is 10.5 Å². The Labute approximate surface area is 194 Å². The summed E-state index contributed by atoms with van der Waals surface area (Å²) in [6.07, 6.45) is 4.39. The second kappa shape index (κ2) is 10.5. The number of benzene rings is 2. The van der Waals surface area contributed by atoms with Crippen LogP contribution in [0.1, 0.15) is 44.1 Å². The van der Waals surface area contributed by atoms with Crippen LogP contribution < -0.4 is 16.0 Å². The Kier molecular flexibility index (Phi) is 7.27. The number of amides is 4. The average Bonchev–Trinajstić information content (AvgIpc) is 3.33. The van der Waals surface area contributed by atoms with Gasteiger partial charge in [-0.2, -0.15) is 0 Å². The molecule has 174 valence electrons. The summed E-state index contributed by atoms with van der Waals surface area (Å²) in [6, 6.07) is 18.8. The van der Waals surface area contributed by atoms with Gasteiger partial charge in [0.2, 0.25) is 11.8 Å². The molecule has 1 heterocycles. The van der Waals surface area contributed by atoms with E-state index in [2.05, 4.69) is 16.0 Å². The molecule has 4 amide bonds. The van der Waals surface area contributed by atoms with Crippen LogP contribution in [0.15, 0.2) is 60.7 Å². The lowest BCUT2D eigenvalue weighted by Crippen LogP contribution is -2.61. The first kappa shape index (κ1) is 22.8. The van der Waals surface area contributed by atoms with Crippen molar-refractivity contribution in [2.24, 2.45) is 5.92 Å². The zero-order valence-electron chi connectivity index (χ0n) is 18.9. The van der Waals surface area contributed by atoms with Crippen molar-refractivity contribution in [3.63, 3.8) is 0 Å². The van der Waals surface area contributed by atoms with Crippen molar-refractivity contribution >= 4 is 23.5 Å². The number of hydrogen-bond acceptors (Lipinski definition) is 3. The largest absolute Gasteiger partial charge is 0.341 e. The highest BCUT2D eigenvalue weighted by Crippen LogP contribution is 2.33. The number of urea groups is 1. The first-order valence-corrected chi connectivity index (χ1v) is 11.8. The van der Waals surface area contributed by atoms with Crippen LogP contribution in [0.25, 0.3) is 0 Å². The molecule has 7 heteroatoms. The molecule has 0 unspecified atom stereocenters. The summed E-state index contributed by atoms with van der Waals surface area (Å²) in [7, 11) is 0. The van der Waals surface area contributed by atoms with Crippen molar-refractivity contribution in [1.82, 2.24) is 15.5 Å². The molecule has 1 aliphatic heterocycles. The molecule has 2 aromatic carbocycles. The summed E-state index contributed by atoms with van der Waals surface area (Å²) in [5.74, 6) is -0.130. The summed E-state index contributed by atoms with van der Waals surface area (Å²) in [4.78, 5) is 40.6. The average molecular weight is 449 g/mol. The first-order chi connectivity index (χ1) is 16.1. The van der Waals surface area contributed by atoms with Crippen LogP contribution in [0.5, 0.6) is 0 Å². The number of carbonyl (C=O) groups excluding carboxylic acids is 3. The minimum Gasteiger partial charge on any atom is -0.341 e. The van der Waals surface area contributed by atoms with Gasteiger partial charge < -0.3 is 20.9 Å². The molecule has 1 saturated carbocycles. The molecule has 1 saturated heterocycles. The lowest BCUT2D eigenvalue weighted by Gasteiger charge is -2.38. The highest BCUT2D eigenvalue weighted by Gasteiger charge is 2.45. The molecular formula is C26H32N4O3. The molecule has 0 bridgehead atoms. The maximum atomic E-state index is 13.5. The van der Waals surface area contributed by atoms with Crippen LogP contribution in [0, 0.1) is 5.92 Å². The van der Waals surface area contributed by atoms with Gasteiger partial charge in [-0.15, -0.1) is 0 Å². The summed E-state index contributed by atoms with van der Waals surface area (Å²) in [5, 5.41) is 8.85. The molecular weight excluding hydrogens is 416 g/mol. The zero-order valence-corrected chi connectivity index (χ0v) is 18.9. The van der Waals surface area contributed by atoms with E-state index in [0.717, 1.165) is 24.1 Å². The van der Waals surface area contributed by atoms with E-state index in [-0.39, 0.29) is 23.8 Å². The van der Waals surface area contributed by atoms with Gasteiger partial charge in [-0.1, -0.05) is 61.4 Å². The van der Waals surface area contributed by atoms with Gasteiger partial charge in [-0.3, -0.25) is 9.59 Å². The Hall–Kier alpha value is -3.35. The van der Waals surface area contributed by atoms with Gasteiger partial charge in [-0.25, -0.2) is 4.79 Å². The zero-order chi connectivity index (χ0) is 23.1. The third-order valence-electron chi connectivity index (χ3n) is 6.71. The lowest BCUT2D eigenvalue weighted by atomic mass is 9.91. The fraction of sp³-hybridized carbons (Fsp3) is 0.423. The molecule has 7 nitrogen and oxygen atoms in total. The van der Waals surface area contributed by atoms with Gasteiger partial charge >= 0.3 is 6.03 Å². The van der Waals surface area contributed by atoms with E-state index in [1.807, 2.05) is 65.6 Å². The Morgan fingerprint density at radius 2 is 1.48 bits per heavy atom. The number of piperidine rings is 1. The van der Waals surface area contributed by atoms with Crippen molar-refractivity contribution in [2.45, 2.75) is 50.6 Å². The molecule has 2 aliphatic rings. The molecule has 0 aromatic heterocycles. The maximum absolute atomic E-state index is 13.5. The standard InChI is InChI=1S/C26H32N4O3/c31-23(28-22-11-5-2-6-12-22)21-13-17-30(18-14-21)24(32)26(15-7-8-16-26)29-25(33)27-19-20-9-3-1-4-10-20/h1-6,9-12,21H,7-8,13-19H2,(H,28,31)(H2,27,29,33). The van der Waals surface area contributed by atoms with Crippen molar-refractivity contribution in [2.75, 3.05) is 18.4 Å². The van der Waals surface area contributed by atoms with Crippen molar-refractivity contribution in [3.05, 3.63) is 66.2 Å². The van der Waals surface area contributed by atoms with Crippen LogP contribution >= 0.6 is 0 Å². The van der Waals surface area contributed by atoms with Crippen molar-refractivity contribution < 1.29 is 14.4 Å². The first-order valence-electron chi connectivity index (χ1n) is 11.8. The van der Waals surface area contributed by atoms with Gasteiger partial charge in [0.05, 0.1) is 0 Å². The van der Waals surface area contributed by atoms with E-state index in [9.17, 15) is 14.4 Å². The molecule has 0 atom stereocenters. The highest BCUT2D eigenvalue weighted by molar-refractivity contribution is 5.94. The number of nitrogens with zero attached hydrogens (tertiary/aromatic N) is 1. The van der Waals surface area contributed by atoms with Crippen molar-refractivity contribution in [1.29, 1.82) is 0 Å². The number of nitrogens with one attached hydrogen (secondary N) is 3. The Balaban J connectivity index is 1.30. The Bertz CT molecular complexity index is 950. The number of rotatable bonds is 6. The van der Waals surface area contributed by atoms with Gasteiger partial charge in [0.25, 0.3) is 0 Å². The topological polar surface area (TPSA) is 90.5 Å². The van der Waals surface area contributed by atoms with E-state index in [1.165, 1.54) is 0 Å². The minimum atomic E-state index is -0.847. The van der Waals surface area contributed by atoms with E-state index in [0.29, 0.717) is 45.3 Å². The van der Waals surface area contributed by atoms with Crippen LogP contribution in [0.2, 0.25) is 0 Å². The van der Waals surface area contributed by atoms with Gasteiger partial charge in [0.15, 0.2) is 0 Å². The molecule has 1 aliphatic carbocycles. The smallest absolute Gasteiger partial charge is 0.315 e. The van der Waals surface area contributed by atoms with Gasteiger partial charge in [0.1, 0.15) is 5.54 Å². The minimum absolute atomic E-state index is 0.00212. The number of carbonyl (C=O) groups is 3. The fourth-order valence-electron chi connectivity index (χ4n) is 4.82. The van der Waals surface area contributed by atoms with E-state index < -0.39 is 5.54 Å². The van der Waals surface area contributed by atoms with E-state index in [4.69, 9.17) is 0 Å². The molecule has 2 aromatic rings. The molecule has 4 rings (SSSR count). The van der Waals surface area contributed by atoms with Crippen molar-refractivity contribution in [3.8, 4) is 0 Å². The second-order valence-electron chi connectivity index (χ2n) is 9.00. The predicted molar refractivity (Wildman–Crippen MR) is 127 cm³/mol. The van der Waals surface area contributed by atoms with Crippen LogP contribution in [-0.2, 0) is 16.1 Å². The van der Waals surface area contributed by atoms with Crippen LogP contribution in [-0.4, -0.2) is 41.4 Å². The third kappa shape index (κ3) is 5.72. The Morgan fingerprint density at radius 1 is 0.879 bits per heavy atom. The monoisotopic (exact) mass is 448 g/mol. The number of para-hydroxylation sites is 1. The highest BCUT2D eigenvalue weighted by atomic mass is 16.2. The summed E-state index contributed by atoms with van der Waals surface area (Å²) in [5.41, 5.74) is 0.951. The normalized spacial score (nSPS) is 17.9. The number of likely N-dealkylation sites (tertiary alicyclic amines) is 1.